The van der Waals surface area contributed by atoms with Gasteiger partial charge in [0.05, 0.1) is 6.61 Å². The van der Waals surface area contributed by atoms with E-state index < -0.39 is 22.6 Å². The molecule has 9 heteroatoms. The molecule has 0 bridgehead atoms. The maximum Gasteiger partial charge on any atom is 0.305 e. The molecule has 0 spiro atoms. The fourth-order valence-electron chi connectivity index (χ4n) is 7.46. The summed E-state index contributed by atoms with van der Waals surface area (Å²) in [6.45, 7) is 17.2. The van der Waals surface area contributed by atoms with Crippen LogP contribution in [0.5, 0.6) is 0 Å². The van der Waals surface area contributed by atoms with Gasteiger partial charge in [-0.3, -0.25) is 9.59 Å². The summed E-state index contributed by atoms with van der Waals surface area (Å²) in [4.78, 5) is 32.1. The van der Waals surface area contributed by atoms with Crippen molar-refractivity contribution in [2.75, 3.05) is 19.8 Å². The van der Waals surface area contributed by atoms with Gasteiger partial charge in [-0.05, 0) is 76.3 Å². The van der Waals surface area contributed by atoms with Crippen molar-refractivity contribution in [1.29, 1.82) is 0 Å². The highest BCUT2D eigenvalue weighted by Crippen LogP contribution is 2.38. The van der Waals surface area contributed by atoms with Gasteiger partial charge in [0, 0.05) is 32.5 Å². The van der Waals surface area contributed by atoms with Crippen molar-refractivity contribution < 1.29 is 33.1 Å². The number of aliphatic carboxylic acids is 1. The van der Waals surface area contributed by atoms with Crippen LogP contribution in [0.4, 0.5) is 0 Å². The van der Waals surface area contributed by atoms with Crippen molar-refractivity contribution >= 4 is 55.1 Å². The Morgan fingerprint density at radius 3 is 1.18 bits per heavy atom. The second-order valence-electron chi connectivity index (χ2n) is 16.7. The Balaban J connectivity index is 0.000000260. The lowest BCUT2D eigenvalue weighted by Crippen LogP contribution is -2.66. The number of carbonyl (C=O) groups excluding carboxylic acids is 2. The zero-order valence-electron chi connectivity index (χ0n) is 35.4. The number of Topliss-reactive ketones (excluding diaryl/α,β-unsaturated/α-hetero) is 1. The van der Waals surface area contributed by atoms with Gasteiger partial charge in [0.25, 0.3) is 16.6 Å². The summed E-state index contributed by atoms with van der Waals surface area (Å²) in [6.07, 6.45) is 6.75. The Morgan fingerprint density at radius 1 is 0.579 bits per heavy atom. The molecule has 0 aliphatic carbocycles. The van der Waals surface area contributed by atoms with Crippen LogP contribution in [0.1, 0.15) is 106 Å². The van der Waals surface area contributed by atoms with Gasteiger partial charge in [-0.25, -0.2) is 0 Å². The molecule has 57 heavy (non-hydrogen) atoms. The normalized spacial score (nSPS) is 13.3. The number of ether oxygens (including phenoxy) is 1. The number of carboxylic acid groups (broad SMARTS) is 1. The second kappa shape index (κ2) is 23.3. The lowest BCUT2D eigenvalue weighted by molar-refractivity contribution is -0.146. The number of carboxylic acids is 1. The molecule has 0 amide bonds. The first-order valence-electron chi connectivity index (χ1n) is 20.5. The summed E-state index contributed by atoms with van der Waals surface area (Å²) in [6, 6.07) is 42.4. The van der Waals surface area contributed by atoms with Crippen LogP contribution in [-0.2, 0) is 28.0 Å². The van der Waals surface area contributed by atoms with Crippen molar-refractivity contribution in [2.24, 2.45) is 0 Å². The van der Waals surface area contributed by atoms with Crippen LogP contribution in [0.2, 0.25) is 10.1 Å². The average Bonchev–Trinajstić information content (AvgIpc) is 3.19. The number of hydrogen-bond acceptors (Lipinski definition) is 6. The van der Waals surface area contributed by atoms with E-state index in [2.05, 4.69) is 155 Å². The van der Waals surface area contributed by atoms with E-state index >= 15 is 0 Å². The monoisotopic (exact) mass is 810 g/mol. The van der Waals surface area contributed by atoms with E-state index in [4.69, 9.17) is 14.0 Å². The fourth-order valence-corrected chi connectivity index (χ4v) is 16.7. The Hall–Kier alpha value is -4.16. The van der Waals surface area contributed by atoms with Crippen molar-refractivity contribution in [2.45, 2.75) is 116 Å². The van der Waals surface area contributed by atoms with Gasteiger partial charge in [-0.1, -0.05) is 163 Å². The lowest BCUT2D eigenvalue weighted by Gasteiger charge is -2.43. The highest BCUT2D eigenvalue weighted by molar-refractivity contribution is 7.00. The van der Waals surface area contributed by atoms with Gasteiger partial charge >= 0.3 is 11.9 Å². The van der Waals surface area contributed by atoms with E-state index in [1.54, 1.807) is 6.92 Å². The first-order valence-corrected chi connectivity index (χ1v) is 24.3. The molecule has 4 aromatic rings. The van der Waals surface area contributed by atoms with Crippen molar-refractivity contribution in [3.63, 3.8) is 0 Å². The summed E-state index contributed by atoms with van der Waals surface area (Å²) in [5, 5.41) is 13.9. The first kappa shape index (κ1) is 47.2. The van der Waals surface area contributed by atoms with Gasteiger partial charge in [-0.2, -0.15) is 0 Å². The highest BCUT2D eigenvalue weighted by Gasteiger charge is 2.51. The maximum absolute atomic E-state index is 11.2. The molecule has 0 atom stereocenters. The molecule has 1 heterocycles. The summed E-state index contributed by atoms with van der Waals surface area (Å²) in [5.41, 5.74) is 0. The Kier molecular flexibility index (Phi) is 19.3. The molecule has 308 valence electrons. The molecule has 7 nitrogen and oxygen atoms in total. The minimum Gasteiger partial charge on any atom is -0.481 e. The third-order valence-electron chi connectivity index (χ3n) is 10.2. The Labute approximate surface area is 344 Å². The number of cyclic esters (lactones) is 1. The average molecular weight is 811 g/mol. The zero-order chi connectivity index (χ0) is 41.8. The van der Waals surface area contributed by atoms with E-state index in [9.17, 15) is 14.4 Å². The Bertz CT molecular complexity index is 1540. The SMILES string of the molecule is CC(=O)CCCCO[Si](c1ccccc1)(c1ccccc1)C(C)(C)C.CC(C)(C)[Si](OCCCCC(=O)O)(c1ccccc1)c1ccccc1.O=C1CCCCO1. The largest absolute Gasteiger partial charge is 0.481 e. The molecular weight excluding hydrogens is 745 g/mol. The molecule has 1 saturated heterocycles. The molecule has 0 aromatic heterocycles. The molecule has 1 N–H and O–H groups in total. The number of benzene rings is 4. The minimum absolute atomic E-state index is 0.0102. The molecule has 0 radical (unpaired) electrons. The number of rotatable bonds is 16. The first-order chi connectivity index (χ1) is 27.1. The van der Waals surface area contributed by atoms with Crippen LogP contribution in [0.25, 0.3) is 0 Å². The van der Waals surface area contributed by atoms with E-state index in [1.807, 2.05) is 12.1 Å². The van der Waals surface area contributed by atoms with Gasteiger partial charge in [0.2, 0.25) is 0 Å². The van der Waals surface area contributed by atoms with Gasteiger partial charge in [0.1, 0.15) is 5.78 Å². The van der Waals surface area contributed by atoms with Gasteiger partial charge < -0.3 is 23.5 Å². The van der Waals surface area contributed by atoms with Crippen LogP contribution in [0.3, 0.4) is 0 Å². The highest BCUT2D eigenvalue weighted by atomic mass is 28.4. The third kappa shape index (κ3) is 14.0. The second-order valence-corrected chi connectivity index (χ2v) is 25.3. The third-order valence-corrected chi connectivity index (χ3v) is 20.3. The van der Waals surface area contributed by atoms with Gasteiger partial charge in [-0.15, -0.1) is 0 Å². The fraction of sp³-hybridized carbons (Fsp3) is 0.438. The van der Waals surface area contributed by atoms with E-state index in [0.717, 1.165) is 32.1 Å². The van der Waals surface area contributed by atoms with E-state index in [0.29, 0.717) is 39.1 Å². The molecule has 1 fully saturated rings. The molecule has 1 aliphatic heterocycles. The van der Waals surface area contributed by atoms with Crippen LogP contribution < -0.4 is 20.7 Å². The molecule has 0 saturated carbocycles. The minimum atomic E-state index is -2.47. The summed E-state index contributed by atoms with van der Waals surface area (Å²) in [5.74, 6) is -0.526. The summed E-state index contributed by atoms with van der Waals surface area (Å²) in [7, 11) is -4.89. The van der Waals surface area contributed by atoms with Crippen molar-refractivity contribution in [1.82, 2.24) is 0 Å². The van der Waals surface area contributed by atoms with Crippen LogP contribution in [-0.4, -0.2) is 59.3 Å². The smallest absolute Gasteiger partial charge is 0.305 e. The summed E-state index contributed by atoms with van der Waals surface area (Å²) < 4.78 is 18.1. The van der Waals surface area contributed by atoms with Crippen molar-refractivity contribution in [3.05, 3.63) is 121 Å². The standard InChI is InChI=1S/C22H30O2Si.C21H28O3Si.C5H8O2/c1-19(23)13-11-12-18-24-25(22(2,3)4,20-14-7-5-8-15-20)21-16-9-6-10-17-21;1-21(2,3)25(18-12-6-4-7-13-18,19-14-8-5-9-15-19)24-17-11-10-16-20(22)23;6-5-3-1-2-4-7-5/h5-10,14-17H,11-13,18H2,1-4H3;4-9,12-15H,10-11,16-17H2,1-3H3,(H,22,23);1-4H2. The number of unbranched alkanes of at least 4 members (excludes halogenated alkanes) is 2. The van der Waals surface area contributed by atoms with E-state index in [-0.39, 0.29) is 28.2 Å². The number of ketones is 1. The molecular formula is C48H66O7Si2. The number of hydrogen-bond donors (Lipinski definition) is 1. The predicted octanol–water partition coefficient (Wildman–Crippen LogP) is 8.85. The molecule has 4 aromatic carbocycles. The zero-order valence-corrected chi connectivity index (χ0v) is 37.4. The van der Waals surface area contributed by atoms with Crippen LogP contribution in [0.15, 0.2) is 121 Å². The maximum atomic E-state index is 11.2. The predicted molar refractivity (Wildman–Crippen MR) is 238 cm³/mol. The molecule has 0 unspecified atom stereocenters. The molecule has 5 rings (SSSR count). The van der Waals surface area contributed by atoms with Crippen LogP contribution >= 0.6 is 0 Å². The Morgan fingerprint density at radius 2 is 0.930 bits per heavy atom. The van der Waals surface area contributed by atoms with Crippen molar-refractivity contribution in [3.8, 4) is 0 Å². The van der Waals surface area contributed by atoms with Crippen LogP contribution in [0, 0.1) is 0 Å². The lowest BCUT2D eigenvalue weighted by atomic mass is 10.2. The topological polar surface area (TPSA) is 99.1 Å². The number of esters is 1. The molecule has 1 aliphatic rings. The van der Waals surface area contributed by atoms with E-state index in [1.165, 1.54) is 20.7 Å². The number of carbonyl (C=O) groups is 3. The summed E-state index contributed by atoms with van der Waals surface area (Å²) >= 11 is 0. The quantitative estimate of drug-likeness (QED) is 0.0686. The van der Waals surface area contributed by atoms with Gasteiger partial charge in [0.15, 0.2) is 0 Å².